The van der Waals surface area contributed by atoms with E-state index >= 15 is 0 Å². The maximum Gasteiger partial charge on any atom is 0.268 e. The van der Waals surface area contributed by atoms with Crippen molar-refractivity contribution in [3.8, 4) is 0 Å². The summed E-state index contributed by atoms with van der Waals surface area (Å²) in [5.74, 6) is -0.692. The summed E-state index contributed by atoms with van der Waals surface area (Å²) in [5, 5.41) is 7.86. The highest BCUT2D eigenvalue weighted by molar-refractivity contribution is 7.10. The number of rotatable bonds is 7. The van der Waals surface area contributed by atoms with E-state index in [1.165, 1.54) is 11.3 Å². The lowest BCUT2D eigenvalue weighted by atomic mass is 9.97. The number of carbonyl (C=O) groups is 2. The van der Waals surface area contributed by atoms with Crippen LogP contribution in [-0.4, -0.2) is 11.8 Å². The highest BCUT2D eigenvalue weighted by Gasteiger charge is 2.21. The number of hydrogen-bond acceptors (Lipinski definition) is 3. The van der Waals surface area contributed by atoms with Gasteiger partial charge < -0.3 is 10.6 Å². The van der Waals surface area contributed by atoms with Crippen molar-refractivity contribution in [3.05, 3.63) is 135 Å². The fourth-order valence-electron chi connectivity index (χ4n) is 3.43. The predicted octanol–water partition coefficient (Wildman–Crippen LogP) is 5.73. The zero-order valence-electron chi connectivity index (χ0n) is 18.2. The molecular formula is C28H24N2O2S. The van der Waals surface area contributed by atoms with Gasteiger partial charge in [0.1, 0.15) is 5.70 Å². The lowest BCUT2D eigenvalue weighted by Crippen LogP contribution is -2.37. The molecule has 0 spiro atoms. The smallest absolute Gasteiger partial charge is 0.268 e. The van der Waals surface area contributed by atoms with Crippen molar-refractivity contribution in [1.29, 1.82) is 0 Å². The Kier molecular flexibility index (Phi) is 7.12. The average Bonchev–Trinajstić information content (AvgIpc) is 3.37. The molecule has 4 aromatic rings. The molecule has 1 atom stereocenters. The molecule has 33 heavy (non-hydrogen) atoms. The summed E-state index contributed by atoms with van der Waals surface area (Å²) in [6.45, 7) is 2.03. The summed E-state index contributed by atoms with van der Waals surface area (Å²) in [4.78, 5) is 27.2. The molecule has 1 aromatic heterocycles. The molecule has 4 rings (SSSR count). The second-order valence-electron chi connectivity index (χ2n) is 7.62. The fraction of sp³-hybridized carbons (Fsp3) is 0.0714. The molecule has 2 amide bonds. The molecule has 5 heteroatoms. The van der Waals surface area contributed by atoms with E-state index in [9.17, 15) is 9.59 Å². The Bertz CT molecular complexity index is 1230. The quantitative estimate of drug-likeness (QED) is 0.352. The Morgan fingerprint density at radius 3 is 2.06 bits per heavy atom. The summed E-state index contributed by atoms with van der Waals surface area (Å²) >= 11 is 1.50. The van der Waals surface area contributed by atoms with Crippen molar-refractivity contribution in [2.45, 2.75) is 13.0 Å². The van der Waals surface area contributed by atoms with Crippen LogP contribution in [0, 0.1) is 6.92 Å². The number of benzene rings is 3. The predicted molar refractivity (Wildman–Crippen MR) is 134 cm³/mol. The fourth-order valence-corrected chi connectivity index (χ4v) is 4.09. The summed E-state index contributed by atoms with van der Waals surface area (Å²) < 4.78 is 0. The molecular weight excluding hydrogens is 428 g/mol. The van der Waals surface area contributed by atoms with Crippen LogP contribution in [0.25, 0.3) is 6.08 Å². The Labute approximate surface area is 197 Å². The Morgan fingerprint density at radius 1 is 0.788 bits per heavy atom. The number of amides is 2. The Morgan fingerprint density at radius 2 is 1.42 bits per heavy atom. The first-order valence-electron chi connectivity index (χ1n) is 10.6. The van der Waals surface area contributed by atoms with E-state index in [1.54, 1.807) is 30.3 Å². The summed E-state index contributed by atoms with van der Waals surface area (Å²) in [6.07, 6.45) is 1.71. The van der Waals surface area contributed by atoms with Crippen molar-refractivity contribution in [2.75, 3.05) is 0 Å². The van der Waals surface area contributed by atoms with Gasteiger partial charge in [-0.1, -0.05) is 84.4 Å². The molecule has 4 nitrogen and oxygen atoms in total. The van der Waals surface area contributed by atoms with Crippen LogP contribution in [0.2, 0.25) is 0 Å². The third kappa shape index (κ3) is 5.84. The minimum absolute atomic E-state index is 0.194. The van der Waals surface area contributed by atoms with Crippen LogP contribution in [0.15, 0.2) is 108 Å². The van der Waals surface area contributed by atoms with Gasteiger partial charge in [-0.15, -0.1) is 11.3 Å². The molecule has 0 aliphatic carbocycles. The number of hydrogen-bond donors (Lipinski definition) is 2. The molecule has 1 unspecified atom stereocenters. The van der Waals surface area contributed by atoms with Crippen molar-refractivity contribution >= 4 is 29.2 Å². The maximum atomic E-state index is 13.5. The van der Waals surface area contributed by atoms with Crippen molar-refractivity contribution in [2.24, 2.45) is 0 Å². The van der Waals surface area contributed by atoms with Crippen LogP contribution in [0.1, 0.15) is 38.0 Å². The van der Waals surface area contributed by atoms with Gasteiger partial charge in [0.25, 0.3) is 11.8 Å². The van der Waals surface area contributed by atoms with E-state index in [4.69, 9.17) is 0 Å². The van der Waals surface area contributed by atoms with Crippen LogP contribution in [0.3, 0.4) is 0 Å². The summed E-state index contributed by atoms with van der Waals surface area (Å²) in [7, 11) is 0. The Hall–Kier alpha value is -3.96. The first-order valence-corrected chi connectivity index (χ1v) is 11.5. The van der Waals surface area contributed by atoms with Crippen LogP contribution in [-0.2, 0) is 4.79 Å². The van der Waals surface area contributed by atoms with Gasteiger partial charge in [-0.25, -0.2) is 0 Å². The zero-order chi connectivity index (χ0) is 23.0. The van der Waals surface area contributed by atoms with Gasteiger partial charge in [-0.05, 0) is 47.7 Å². The van der Waals surface area contributed by atoms with Crippen LogP contribution < -0.4 is 10.6 Å². The van der Waals surface area contributed by atoms with Gasteiger partial charge in [0.2, 0.25) is 0 Å². The zero-order valence-corrected chi connectivity index (χ0v) is 19.0. The highest BCUT2D eigenvalue weighted by atomic mass is 32.1. The van der Waals surface area contributed by atoms with Gasteiger partial charge in [-0.2, -0.15) is 0 Å². The molecule has 0 saturated heterocycles. The Balaban J connectivity index is 1.65. The molecule has 1 heterocycles. The number of thiophene rings is 1. The molecule has 0 radical (unpaired) electrons. The van der Waals surface area contributed by atoms with Crippen LogP contribution >= 0.6 is 11.3 Å². The summed E-state index contributed by atoms with van der Waals surface area (Å²) in [5.41, 5.74) is 3.75. The second-order valence-corrected chi connectivity index (χ2v) is 8.60. The molecule has 0 bridgehead atoms. The van der Waals surface area contributed by atoms with E-state index in [1.807, 2.05) is 85.1 Å². The first kappa shape index (κ1) is 22.2. The molecule has 3 aromatic carbocycles. The van der Waals surface area contributed by atoms with E-state index in [-0.39, 0.29) is 23.6 Å². The van der Waals surface area contributed by atoms with Crippen LogP contribution in [0.4, 0.5) is 0 Å². The van der Waals surface area contributed by atoms with Crippen molar-refractivity contribution in [3.63, 3.8) is 0 Å². The van der Waals surface area contributed by atoms with E-state index in [2.05, 4.69) is 10.6 Å². The van der Waals surface area contributed by atoms with Gasteiger partial charge in [-0.3, -0.25) is 9.59 Å². The molecule has 2 N–H and O–H groups in total. The van der Waals surface area contributed by atoms with Gasteiger partial charge in [0.15, 0.2) is 0 Å². The van der Waals surface area contributed by atoms with Gasteiger partial charge in [0, 0.05) is 10.4 Å². The first-order chi connectivity index (χ1) is 16.1. The van der Waals surface area contributed by atoms with E-state index in [0.717, 1.165) is 21.6 Å². The molecule has 164 valence electrons. The van der Waals surface area contributed by atoms with Gasteiger partial charge in [0.05, 0.1) is 6.04 Å². The number of aryl methyl sites for hydroxylation is 1. The standard InChI is InChI=1S/C28H24N2O2S/c1-20-14-16-22(17-15-20)26(21-9-4-2-5-10-21)30-28(32)25(19-24-13-8-18-33-24)29-27(31)23-11-6-3-7-12-23/h2-19,26H,1H3,(H,29,31)(H,30,32)/b25-19-. The monoisotopic (exact) mass is 452 g/mol. The minimum Gasteiger partial charge on any atom is -0.340 e. The van der Waals surface area contributed by atoms with Crippen molar-refractivity contribution in [1.82, 2.24) is 10.6 Å². The largest absolute Gasteiger partial charge is 0.340 e. The summed E-state index contributed by atoms with van der Waals surface area (Å²) in [6, 6.07) is 30.2. The van der Waals surface area contributed by atoms with Crippen LogP contribution in [0.5, 0.6) is 0 Å². The van der Waals surface area contributed by atoms with E-state index < -0.39 is 0 Å². The second kappa shape index (κ2) is 10.6. The topological polar surface area (TPSA) is 58.2 Å². The molecule has 0 fully saturated rings. The number of carbonyl (C=O) groups excluding carboxylic acids is 2. The molecule has 0 aliphatic rings. The SMILES string of the molecule is Cc1ccc(C(NC(=O)/C(=C/c2cccs2)NC(=O)c2ccccc2)c2ccccc2)cc1. The average molecular weight is 453 g/mol. The number of nitrogens with one attached hydrogen (secondary N) is 2. The highest BCUT2D eigenvalue weighted by Crippen LogP contribution is 2.23. The molecule has 0 aliphatic heterocycles. The van der Waals surface area contributed by atoms with Gasteiger partial charge >= 0.3 is 0 Å². The normalized spacial score (nSPS) is 12.1. The third-order valence-electron chi connectivity index (χ3n) is 5.18. The third-order valence-corrected chi connectivity index (χ3v) is 6.00. The van der Waals surface area contributed by atoms with E-state index in [0.29, 0.717) is 5.56 Å². The maximum absolute atomic E-state index is 13.5. The lowest BCUT2D eigenvalue weighted by molar-refractivity contribution is -0.118. The minimum atomic E-state index is -0.361. The molecule has 0 saturated carbocycles. The lowest BCUT2D eigenvalue weighted by Gasteiger charge is -2.21. The van der Waals surface area contributed by atoms with Crippen molar-refractivity contribution < 1.29 is 9.59 Å².